The molecule has 0 saturated carbocycles. The third-order valence-electron chi connectivity index (χ3n) is 1.58. The Morgan fingerprint density at radius 3 is 2.83 bits per heavy atom. The Bertz CT molecular complexity index is 350. The average molecular weight is 243 g/mol. The van der Waals surface area contributed by atoms with E-state index >= 15 is 0 Å². The van der Waals surface area contributed by atoms with E-state index < -0.39 is 0 Å². The fourth-order valence-electron chi connectivity index (χ4n) is 1.01. The monoisotopic (exact) mass is 244 g/mol. The number of aliphatic hydroxyl groups excluding tert-OH is 1. The molecule has 0 radical (unpaired) electrons. The summed E-state index contributed by atoms with van der Waals surface area (Å²) in [5.41, 5.74) is 0. The normalized spacial score (nSPS) is 10.4. The van der Waals surface area contributed by atoms with Gasteiger partial charge in [-0.2, -0.15) is 0 Å². The fourth-order valence-corrected chi connectivity index (χ4v) is 3.83. The first-order chi connectivity index (χ1) is 5.90. The third kappa shape index (κ3) is 1.54. The molecule has 0 aliphatic carbocycles. The molecule has 1 N–H and O–H groups in total. The van der Waals surface area contributed by atoms with E-state index in [4.69, 9.17) is 5.11 Å². The van der Waals surface area contributed by atoms with E-state index in [0.29, 0.717) is 14.5 Å². The van der Waals surface area contributed by atoms with Crippen LogP contribution in [-0.2, 0) is 6.61 Å². The Hall–Kier alpha value is -0.341. The molecule has 62 valence electrons. The van der Waals surface area contributed by atoms with Gasteiger partial charge in [-0.1, -0.05) is 0 Å². The van der Waals surface area contributed by atoms with Crippen molar-refractivity contribution in [2.24, 2.45) is 0 Å². The van der Waals surface area contributed by atoms with Crippen molar-refractivity contribution in [3.05, 3.63) is 34.1 Å². The maximum absolute atomic E-state index is 8.90. The van der Waals surface area contributed by atoms with Gasteiger partial charge >= 0.3 is 81.0 Å². The summed E-state index contributed by atoms with van der Waals surface area (Å²) in [7, 11) is 0. The second-order valence-electron chi connectivity index (χ2n) is 2.40. The van der Waals surface area contributed by atoms with Crippen LogP contribution < -0.4 is 0 Å². The summed E-state index contributed by atoms with van der Waals surface area (Å²) in [6.45, 7) is 0.214. The zero-order valence-corrected chi connectivity index (χ0v) is 8.89. The van der Waals surface area contributed by atoms with Crippen molar-refractivity contribution in [2.75, 3.05) is 0 Å². The molecule has 0 bridgehead atoms. The predicted molar refractivity (Wildman–Crippen MR) is 52.6 cm³/mol. The summed E-state index contributed by atoms with van der Waals surface area (Å²) >= 11 is 2.13. The minimum atomic E-state index is 0.214. The first-order valence-electron chi connectivity index (χ1n) is 3.63. The van der Waals surface area contributed by atoms with Crippen molar-refractivity contribution >= 4 is 25.8 Å². The number of rotatable bonds is 2. The van der Waals surface area contributed by atoms with Crippen LogP contribution in [0, 0.1) is 0 Å². The van der Waals surface area contributed by atoms with Gasteiger partial charge in [0.25, 0.3) is 0 Å². The summed E-state index contributed by atoms with van der Waals surface area (Å²) in [6.07, 6.45) is 0. The van der Waals surface area contributed by atoms with Crippen LogP contribution in [0.3, 0.4) is 0 Å². The molecular formula is C9H8OSSe. The van der Waals surface area contributed by atoms with Crippen molar-refractivity contribution < 1.29 is 5.11 Å². The molecule has 0 spiro atoms. The molecule has 2 aromatic heterocycles. The van der Waals surface area contributed by atoms with E-state index in [1.54, 1.807) is 11.3 Å². The summed E-state index contributed by atoms with van der Waals surface area (Å²) < 4.78 is 2.56. The van der Waals surface area contributed by atoms with Gasteiger partial charge in [0.15, 0.2) is 0 Å². The van der Waals surface area contributed by atoms with E-state index in [0.717, 1.165) is 0 Å². The van der Waals surface area contributed by atoms with Crippen molar-refractivity contribution in [3.8, 4) is 9.31 Å². The molecule has 12 heavy (non-hydrogen) atoms. The number of thiophene rings is 1. The molecule has 0 saturated heterocycles. The quantitative estimate of drug-likeness (QED) is 0.799. The predicted octanol–water partition coefficient (Wildman–Crippen LogP) is 1.96. The van der Waals surface area contributed by atoms with E-state index in [9.17, 15) is 0 Å². The minimum absolute atomic E-state index is 0.214. The molecule has 0 unspecified atom stereocenters. The van der Waals surface area contributed by atoms with Crippen molar-refractivity contribution in [1.29, 1.82) is 0 Å². The van der Waals surface area contributed by atoms with Crippen molar-refractivity contribution in [1.82, 2.24) is 0 Å². The molecule has 0 atom stereocenters. The maximum atomic E-state index is 8.90. The number of aliphatic hydroxyl groups is 1. The van der Waals surface area contributed by atoms with Crippen LogP contribution in [0.15, 0.2) is 29.6 Å². The van der Waals surface area contributed by atoms with Gasteiger partial charge in [0.2, 0.25) is 0 Å². The van der Waals surface area contributed by atoms with Gasteiger partial charge in [-0.05, 0) is 0 Å². The molecule has 2 heterocycles. The van der Waals surface area contributed by atoms with Gasteiger partial charge in [0.05, 0.1) is 0 Å². The molecule has 0 fully saturated rings. The summed E-state index contributed by atoms with van der Waals surface area (Å²) in [5.74, 6) is 0. The first-order valence-corrected chi connectivity index (χ1v) is 6.23. The molecule has 2 aromatic rings. The van der Waals surface area contributed by atoms with Crippen LogP contribution in [0.1, 0.15) is 4.44 Å². The van der Waals surface area contributed by atoms with E-state index in [-0.39, 0.29) is 6.61 Å². The molecule has 1 nitrogen and oxygen atoms in total. The number of hydrogen-bond acceptors (Lipinski definition) is 2. The first kappa shape index (κ1) is 8.27. The second-order valence-corrected chi connectivity index (χ2v) is 5.80. The summed E-state index contributed by atoms with van der Waals surface area (Å²) in [5, 5.41) is 11.0. The Morgan fingerprint density at radius 2 is 2.25 bits per heavy atom. The van der Waals surface area contributed by atoms with Crippen LogP contribution >= 0.6 is 11.3 Å². The molecule has 0 aliphatic rings. The SMILES string of the molecule is OCc1ccc(-c2cccs2)[se]1. The van der Waals surface area contributed by atoms with Crippen LogP contribution in [0.2, 0.25) is 0 Å². The fraction of sp³-hybridized carbons (Fsp3) is 0.111. The Morgan fingerprint density at radius 1 is 1.33 bits per heavy atom. The van der Waals surface area contributed by atoms with Crippen LogP contribution in [0.5, 0.6) is 0 Å². The van der Waals surface area contributed by atoms with Gasteiger partial charge in [-0.3, -0.25) is 0 Å². The Kier molecular flexibility index (Phi) is 2.47. The number of hydrogen-bond donors (Lipinski definition) is 1. The molecular weight excluding hydrogens is 235 g/mol. The van der Waals surface area contributed by atoms with Crippen molar-refractivity contribution in [2.45, 2.75) is 6.61 Å². The molecule has 2 rings (SSSR count). The zero-order chi connectivity index (χ0) is 8.39. The second kappa shape index (κ2) is 3.58. The van der Waals surface area contributed by atoms with Gasteiger partial charge in [-0.25, -0.2) is 0 Å². The Balaban J connectivity index is 2.35. The van der Waals surface area contributed by atoms with Gasteiger partial charge < -0.3 is 0 Å². The van der Waals surface area contributed by atoms with E-state index in [2.05, 4.69) is 23.6 Å². The Labute approximate surface area is 81.0 Å². The molecule has 0 aliphatic heterocycles. The van der Waals surface area contributed by atoms with Gasteiger partial charge in [0, 0.05) is 0 Å². The average Bonchev–Trinajstić information content (AvgIpc) is 2.75. The van der Waals surface area contributed by atoms with Crippen LogP contribution in [0.25, 0.3) is 9.31 Å². The third-order valence-corrected chi connectivity index (χ3v) is 5.09. The molecule has 0 aromatic carbocycles. The van der Waals surface area contributed by atoms with Crippen molar-refractivity contribution in [3.63, 3.8) is 0 Å². The topological polar surface area (TPSA) is 20.2 Å². The summed E-state index contributed by atoms with van der Waals surface area (Å²) in [6, 6.07) is 8.35. The standard InChI is InChI=1S/C9H8OSSe/c10-6-7-3-4-9(12-7)8-2-1-5-11-8/h1-5,10H,6H2. The van der Waals surface area contributed by atoms with Crippen LogP contribution in [-0.4, -0.2) is 19.6 Å². The van der Waals surface area contributed by atoms with Gasteiger partial charge in [0.1, 0.15) is 0 Å². The van der Waals surface area contributed by atoms with Crippen LogP contribution in [0.4, 0.5) is 0 Å². The summed E-state index contributed by atoms with van der Waals surface area (Å²) in [4.78, 5) is 1.34. The van der Waals surface area contributed by atoms with E-state index in [1.807, 2.05) is 6.07 Å². The van der Waals surface area contributed by atoms with Gasteiger partial charge in [-0.15, -0.1) is 0 Å². The molecule has 0 amide bonds. The molecule has 3 heteroatoms. The zero-order valence-electron chi connectivity index (χ0n) is 6.36. The van der Waals surface area contributed by atoms with E-state index in [1.165, 1.54) is 13.8 Å².